The molecule has 3 rings (SSSR count). The molecule has 27 heavy (non-hydrogen) atoms. The van der Waals surface area contributed by atoms with Crippen molar-refractivity contribution in [1.82, 2.24) is 4.98 Å². The summed E-state index contributed by atoms with van der Waals surface area (Å²) in [6.45, 7) is 4.23. The summed E-state index contributed by atoms with van der Waals surface area (Å²) in [4.78, 5) is 17.4. The van der Waals surface area contributed by atoms with Gasteiger partial charge in [0.15, 0.2) is 0 Å². The highest BCUT2D eigenvalue weighted by Gasteiger charge is 2.19. The van der Waals surface area contributed by atoms with Crippen molar-refractivity contribution in [1.29, 1.82) is 0 Å². The molecular weight excluding hydrogens is 352 g/mol. The van der Waals surface area contributed by atoms with Gasteiger partial charge in [0.25, 0.3) is 0 Å². The second-order valence-electron chi connectivity index (χ2n) is 6.65. The van der Waals surface area contributed by atoms with E-state index in [9.17, 15) is 4.79 Å². The summed E-state index contributed by atoms with van der Waals surface area (Å²) < 4.78 is 0. The number of carbonyl (C=O) groups excluding carboxylic acids is 1. The molecule has 4 heteroatoms. The number of aryl methyl sites for hydroxylation is 1. The summed E-state index contributed by atoms with van der Waals surface area (Å²) in [5, 5.41) is 4.87. The maximum Gasteiger partial charge on any atom is 0.237 e. The van der Waals surface area contributed by atoms with Crippen molar-refractivity contribution in [2.45, 2.75) is 49.8 Å². The SMILES string of the molecule is CCCCc1ccc(NC(=O)C(CC)Sc2ccc3ccccc3n2)cc1. The highest BCUT2D eigenvalue weighted by molar-refractivity contribution is 8.00. The van der Waals surface area contributed by atoms with Crippen molar-refractivity contribution < 1.29 is 4.79 Å². The fourth-order valence-corrected chi connectivity index (χ4v) is 3.86. The van der Waals surface area contributed by atoms with E-state index in [1.54, 1.807) is 0 Å². The Labute approximate surface area is 165 Å². The van der Waals surface area contributed by atoms with Crippen LogP contribution in [-0.4, -0.2) is 16.1 Å². The maximum atomic E-state index is 12.7. The summed E-state index contributed by atoms with van der Waals surface area (Å²) in [5.41, 5.74) is 3.13. The number of carbonyl (C=O) groups is 1. The molecule has 1 atom stereocenters. The molecule has 1 N–H and O–H groups in total. The number of anilines is 1. The van der Waals surface area contributed by atoms with Gasteiger partial charge in [0, 0.05) is 11.1 Å². The van der Waals surface area contributed by atoms with E-state index in [-0.39, 0.29) is 11.2 Å². The van der Waals surface area contributed by atoms with Crippen molar-refractivity contribution in [2.75, 3.05) is 5.32 Å². The van der Waals surface area contributed by atoms with Crippen molar-refractivity contribution >= 4 is 34.3 Å². The summed E-state index contributed by atoms with van der Waals surface area (Å²) in [7, 11) is 0. The number of thioether (sulfide) groups is 1. The highest BCUT2D eigenvalue weighted by Crippen LogP contribution is 2.27. The van der Waals surface area contributed by atoms with Gasteiger partial charge in [0.05, 0.1) is 15.8 Å². The monoisotopic (exact) mass is 378 g/mol. The van der Waals surface area contributed by atoms with Gasteiger partial charge in [-0.25, -0.2) is 4.98 Å². The van der Waals surface area contributed by atoms with E-state index < -0.39 is 0 Å². The van der Waals surface area contributed by atoms with E-state index in [1.807, 2.05) is 49.4 Å². The van der Waals surface area contributed by atoms with Gasteiger partial charge in [0.2, 0.25) is 5.91 Å². The summed E-state index contributed by atoms with van der Waals surface area (Å²) in [6, 6.07) is 20.3. The minimum atomic E-state index is -0.168. The van der Waals surface area contributed by atoms with Crippen LogP contribution >= 0.6 is 11.8 Å². The maximum absolute atomic E-state index is 12.7. The smallest absolute Gasteiger partial charge is 0.237 e. The van der Waals surface area contributed by atoms with Crippen LogP contribution in [0.25, 0.3) is 10.9 Å². The van der Waals surface area contributed by atoms with Gasteiger partial charge in [-0.3, -0.25) is 4.79 Å². The molecule has 140 valence electrons. The molecule has 1 heterocycles. The average molecular weight is 379 g/mol. The Morgan fingerprint density at radius 2 is 1.81 bits per heavy atom. The molecule has 0 bridgehead atoms. The first-order valence-corrected chi connectivity index (χ1v) is 10.5. The quantitative estimate of drug-likeness (QED) is 0.483. The van der Waals surface area contributed by atoms with Crippen LogP contribution in [0.2, 0.25) is 0 Å². The Morgan fingerprint density at radius 1 is 1.04 bits per heavy atom. The molecule has 3 aromatic rings. The normalized spacial score (nSPS) is 12.1. The molecule has 1 amide bonds. The molecule has 0 saturated carbocycles. The number of nitrogens with zero attached hydrogens (tertiary/aromatic N) is 1. The number of aromatic nitrogens is 1. The lowest BCUT2D eigenvalue weighted by atomic mass is 10.1. The van der Waals surface area contributed by atoms with E-state index >= 15 is 0 Å². The molecule has 0 aliphatic heterocycles. The number of hydrogen-bond acceptors (Lipinski definition) is 3. The first-order chi connectivity index (χ1) is 13.2. The van der Waals surface area contributed by atoms with E-state index in [4.69, 9.17) is 0 Å². The number of benzene rings is 2. The standard InChI is InChI=1S/C23H26N2OS/c1-3-5-8-17-11-14-19(15-12-17)24-23(26)21(4-2)27-22-16-13-18-9-6-7-10-20(18)25-22/h6-7,9-16,21H,3-5,8H2,1-2H3,(H,24,26). The zero-order valence-electron chi connectivity index (χ0n) is 15.9. The topological polar surface area (TPSA) is 42.0 Å². The van der Waals surface area contributed by atoms with Crippen molar-refractivity contribution in [3.05, 3.63) is 66.2 Å². The minimum absolute atomic E-state index is 0.0266. The van der Waals surface area contributed by atoms with Gasteiger partial charge < -0.3 is 5.32 Å². The number of rotatable bonds is 8. The van der Waals surface area contributed by atoms with E-state index in [2.05, 4.69) is 35.4 Å². The van der Waals surface area contributed by atoms with Crippen LogP contribution < -0.4 is 5.32 Å². The zero-order chi connectivity index (χ0) is 19.1. The number of pyridine rings is 1. The third-order valence-electron chi connectivity index (χ3n) is 4.54. The third-order valence-corrected chi connectivity index (χ3v) is 5.84. The Bertz CT molecular complexity index is 892. The first-order valence-electron chi connectivity index (χ1n) is 9.62. The molecule has 0 aliphatic rings. The molecule has 1 aromatic heterocycles. The average Bonchev–Trinajstić information content (AvgIpc) is 2.71. The fraction of sp³-hybridized carbons (Fsp3) is 0.304. The number of amides is 1. The van der Waals surface area contributed by atoms with Crippen LogP contribution in [0.4, 0.5) is 5.69 Å². The molecule has 1 unspecified atom stereocenters. The second-order valence-corrected chi connectivity index (χ2v) is 7.87. The lowest BCUT2D eigenvalue weighted by Gasteiger charge is -2.15. The molecule has 0 aliphatic carbocycles. The van der Waals surface area contributed by atoms with Gasteiger partial charge in [-0.2, -0.15) is 0 Å². The Morgan fingerprint density at radius 3 is 2.56 bits per heavy atom. The molecule has 0 fully saturated rings. The van der Waals surface area contributed by atoms with E-state index in [0.29, 0.717) is 0 Å². The van der Waals surface area contributed by atoms with Crippen LogP contribution in [0.5, 0.6) is 0 Å². The Hall–Kier alpha value is -2.33. The second kappa shape index (κ2) is 9.56. The number of unbranched alkanes of at least 4 members (excludes halogenated alkanes) is 1. The number of fused-ring (bicyclic) bond motifs is 1. The molecular formula is C23H26N2OS. The van der Waals surface area contributed by atoms with Gasteiger partial charge in [-0.15, -0.1) is 0 Å². The van der Waals surface area contributed by atoms with Gasteiger partial charge in [-0.1, -0.05) is 68.4 Å². The van der Waals surface area contributed by atoms with Gasteiger partial charge in [0.1, 0.15) is 0 Å². The molecule has 3 nitrogen and oxygen atoms in total. The predicted molar refractivity (Wildman–Crippen MR) is 115 cm³/mol. The van der Waals surface area contributed by atoms with Crippen molar-refractivity contribution in [2.24, 2.45) is 0 Å². The molecule has 0 saturated heterocycles. The van der Waals surface area contributed by atoms with Crippen molar-refractivity contribution in [3.63, 3.8) is 0 Å². The van der Waals surface area contributed by atoms with Crippen LogP contribution in [0.1, 0.15) is 38.7 Å². The number of para-hydroxylation sites is 1. The van der Waals surface area contributed by atoms with E-state index in [0.717, 1.165) is 34.5 Å². The zero-order valence-corrected chi connectivity index (χ0v) is 16.8. The third kappa shape index (κ3) is 5.33. The molecule has 0 radical (unpaired) electrons. The van der Waals surface area contributed by atoms with Gasteiger partial charge in [-0.05, 0) is 49.1 Å². The van der Waals surface area contributed by atoms with Crippen LogP contribution in [0.15, 0.2) is 65.7 Å². The lowest BCUT2D eigenvalue weighted by Crippen LogP contribution is -2.24. The number of hydrogen-bond donors (Lipinski definition) is 1. The predicted octanol–water partition coefficient (Wildman–Crippen LogP) is 6.09. The highest BCUT2D eigenvalue weighted by atomic mass is 32.2. The van der Waals surface area contributed by atoms with Gasteiger partial charge >= 0.3 is 0 Å². The van der Waals surface area contributed by atoms with Crippen LogP contribution in [0, 0.1) is 0 Å². The largest absolute Gasteiger partial charge is 0.325 e. The summed E-state index contributed by atoms with van der Waals surface area (Å²) in [5.74, 6) is 0.0266. The van der Waals surface area contributed by atoms with Crippen molar-refractivity contribution in [3.8, 4) is 0 Å². The fourth-order valence-electron chi connectivity index (χ4n) is 2.94. The molecule has 2 aromatic carbocycles. The Kier molecular flexibility index (Phi) is 6.88. The van der Waals surface area contributed by atoms with E-state index in [1.165, 1.54) is 30.2 Å². The van der Waals surface area contributed by atoms with Crippen LogP contribution in [-0.2, 0) is 11.2 Å². The summed E-state index contributed by atoms with van der Waals surface area (Å²) in [6.07, 6.45) is 4.22. The first kappa shape index (κ1) is 19.4. The Balaban J connectivity index is 1.64. The minimum Gasteiger partial charge on any atom is -0.325 e. The number of nitrogens with one attached hydrogen (secondary N) is 1. The van der Waals surface area contributed by atoms with Crippen LogP contribution in [0.3, 0.4) is 0 Å². The lowest BCUT2D eigenvalue weighted by molar-refractivity contribution is -0.115. The summed E-state index contributed by atoms with van der Waals surface area (Å²) >= 11 is 1.52. The molecule has 0 spiro atoms.